The van der Waals surface area contributed by atoms with Gasteiger partial charge >= 0.3 is 5.97 Å². The highest BCUT2D eigenvalue weighted by Crippen LogP contribution is 2.21. The largest absolute Gasteiger partial charge is 0.468 e. The fourth-order valence-electron chi connectivity index (χ4n) is 2.24. The SMILES string of the molecule is COCCNC1(C(=O)OC)CCCN(C)C1. The number of nitrogens with zero attached hydrogens (tertiary/aromatic N) is 1. The summed E-state index contributed by atoms with van der Waals surface area (Å²) in [4.78, 5) is 14.0. The third-order valence-electron chi connectivity index (χ3n) is 3.03. The Morgan fingerprint density at radius 1 is 1.50 bits per heavy atom. The van der Waals surface area contributed by atoms with Crippen LogP contribution in [-0.4, -0.2) is 63.9 Å². The van der Waals surface area contributed by atoms with Crippen LogP contribution < -0.4 is 5.32 Å². The number of carbonyl (C=O) groups excluding carboxylic acids is 1. The quantitative estimate of drug-likeness (QED) is 0.526. The van der Waals surface area contributed by atoms with Crippen LogP contribution in [0.25, 0.3) is 0 Å². The van der Waals surface area contributed by atoms with Crippen LogP contribution >= 0.6 is 0 Å². The van der Waals surface area contributed by atoms with Crippen LogP contribution in [0.4, 0.5) is 0 Å². The van der Waals surface area contributed by atoms with Gasteiger partial charge in [-0.15, -0.1) is 0 Å². The molecule has 0 aromatic heterocycles. The summed E-state index contributed by atoms with van der Waals surface area (Å²) in [5.41, 5.74) is -0.555. The summed E-state index contributed by atoms with van der Waals surface area (Å²) in [6, 6.07) is 0. The number of esters is 1. The fraction of sp³-hybridized carbons (Fsp3) is 0.909. The van der Waals surface area contributed by atoms with E-state index in [0.29, 0.717) is 19.7 Å². The van der Waals surface area contributed by atoms with Crippen molar-refractivity contribution in [2.75, 3.05) is 47.5 Å². The Balaban J connectivity index is 2.63. The standard InChI is InChI=1S/C11H22N2O3/c1-13-7-4-5-11(9-13,10(14)16-3)12-6-8-15-2/h12H,4-9H2,1-3H3. The van der Waals surface area contributed by atoms with Crippen LogP contribution in [0.3, 0.4) is 0 Å². The number of hydrogen-bond donors (Lipinski definition) is 1. The maximum atomic E-state index is 11.9. The van der Waals surface area contributed by atoms with Gasteiger partial charge in [0, 0.05) is 20.2 Å². The first-order chi connectivity index (χ1) is 7.64. The number of hydrogen-bond acceptors (Lipinski definition) is 5. The zero-order valence-corrected chi connectivity index (χ0v) is 10.4. The van der Waals surface area contributed by atoms with Gasteiger partial charge in [-0.2, -0.15) is 0 Å². The molecule has 0 amide bonds. The van der Waals surface area contributed by atoms with E-state index in [1.54, 1.807) is 7.11 Å². The minimum absolute atomic E-state index is 0.171. The lowest BCUT2D eigenvalue weighted by Crippen LogP contribution is -2.62. The fourth-order valence-corrected chi connectivity index (χ4v) is 2.24. The molecule has 1 fully saturated rings. The van der Waals surface area contributed by atoms with Gasteiger partial charge in [0.05, 0.1) is 13.7 Å². The van der Waals surface area contributed by atoms with E-state index in [1.165, 1.54) is 7.11 Å². The van der Waals surface area contributed by atoms with Crippen LogP contribution in [0, 0.1) is 0 Å². The number of methoxy groups -OCH3 is 2. The van der Waals surface area contributed by atoms with E-state index in [2.05, 4.69) is 10.2 Å². The molecule has 1 rings (SSSR count). The molecule has 1 atom stereocenters. The van der Waals surface area contributed by atoms with Crippen molar-refractivity contribution in [2.45, 2.75) is 18.4 Å². The second kappa shape index (κ2) is 6.18. The molecule has 1 unspecified atom stereocenters. The molecule has 0 bridgehead atoms. The Morgan fingerprint density at radius 3 is 2.81 bits per heavy atom. The predicted molar refractivity (Wildman–Crippen MR) is 61.4 cm³/mol. The summed E-state index contributed by atoms with van der Waals surface area (Å²) >= 11 is 0. The van der Waals surface area contributed by atoms with Crippen molar-refractivity contribution in [2.24, 2.45) is 0 Å². The first-order valence-electron chi connectivity index (χ1n) is 5.65. The van der Waals surface area contributed by atoms with Gasteiger partial charge in [0.1, 0.15) is 5.54 Å². The number of ether oxygens (including phenoxy) is 2. The predicted octanol–water partition coefficient (Wildman–Crippen LogP) is -0.140. The Bertz CT molecular complexity index is 235. The number of carbonyl (C=O) groups is 1. The van der Waals surface area contributed by atoms with E-state index >= 15 is 0 Å². The molecule has 0 saturated carbocycles. The van der Waals surface area contributed by atoms with E-state index in [0.717, 1.165) is 19.4 Å². The molecule has 0 aromatic carbocycles. The van der Waals surface area contributed by atoms with Crippen molar-refractivity contribution in [3.63, 3.8) is 0 Å². The van der Waals surface area contributed by atoms with Crippen molar-refractivity contribution in [3.05, 3.63) is 0 Å². The molecule has 0 radical (unpaired) electrons. The highest BCUT2D eigenvalue weighted by Gasteiger charge is 2.41. The molecule has 1 aliphatic rings. The second-order valence-electron chi connectivity index (χ2n) is 4.33. The molecular weight excluding hydrogens is 208 g/mol. The molecular formula is C11H22N2O3. The van der Waals surface area contributed by atoms with Crippen LogP contribution in [0.2, 0.25) is 0 Å². The number of likely N-dealkylation sites (tertiary alicyclic amines) is 1. The minimum atomic E-state index is -0.555. The molecule has 94 valence electrons. The number of rotatable bonds is 5. The lowest BCUT2D eigenvalue weighted by atomic mass is 9.89. The second-order valence-corrected chi connectivity index (χ2v) is 4.33. The summed E-state index contributed by atoms with van der Waals surface area (Å²) in [7, 11) is 5.12. The van der Waals surface area contributed by atoms with Gasteiger partial charge in [-0.1, -0.05) is 0 Å². The normalized spacial score (nSPS) is 26.7. The molecule has 16 heavy (non-hydrogen) atoms. The summed E-state index contributed by atoms with van der Waals surface area (Å²) in [6.45, 7) is 3.00. The van der Waals surface area contributed by atoms with Crippen LogP contribution in [0.15, 0.2) is 0 Å². The lowest BCUT2D eigenvalue weighted by Gasteiger charge is -2.39. The third kappa shape index (κ3) is 3.17. The number of nitrogens with one attached hydrogen (secondary N) is 1. The van der Waals surface area contributed by atoms with E-state index in [-0.39, 0.29) is 5.97 Å². The minimum Gasteiger partial charge on any atom is -0.468 e. The van der Waals surface area contributed by atoms with Gasteiger partial charge in [-0.05, 0) is 26.4 Å². The van der Waals surface area contributed by atoms with Gasteiger partial charge in [-0.25, -0.2) is 0 Å². The van der Waals surface area contributed by atoms with Crippen LogP contribution in [0.1, 0.15) is 12.8 Å². The molecule has 1 N–H and O–H groups in total. The van der Waals surface area contributed by atoms with E-state index in [9.17, 15) is 4.79 Å². The summed E-state index contributed by atoms with van der Waals surface area (Å²) in [6.07, 6.45) is 1.83. The van der Waals surface area contributed by atoms with Crippen LogP contribution in [0.5, 0.6) is 0 Å². The molecule has 0 aliphatic carbocycles. The van der Waals surface area contributed by atoms with E-state index in [1.807, 2.05) is 7.05 Å². The highest BCUT2D eigenvalue weighted by atomic mass is 16.5. The van der Waals surface area contributed by atoms with Crippen molar-refractivity contribution < 1.29 is 14.3 Å². The number of piperidine rings is 1. The van der Waals surface area contributed by atoms with E-state index in [4.69, 9.17) is 9.47 Å². The maximum absolute atomic E-state index is 11.9. The Labute approximate surface area is 97.1 Å². The monoisotopic (exact) mass is 230 g/mol. The Hall–Kier alpha value is -0.650. The molecule has 0 spiro atoms. The van der Waals surface area contributed by atoms with Gasteiger partial charge in [0.2, 0.25) is 0 Å². The average molecular weight is 230 g/mol. The van der Waals surface area contributed by atoms with Crippen molar-refractivity contribution in [3.8, 4) is 0 Å². The smallest absolute Gasteiger partial charge is 0.327 e. The van der Waals surface area contributed by atoms with Crippen molar-refractivity contribution in [1.29, 1.82) is 0 Å². The van der Waals surface area contributed by atoms with Crippen LogP contribution in [-0.2, 0) is 14.3 Å². The first kappa shape index (κ1) is 13.4. The summed E-state index contributed by atoms with van der Waals surface area (Å²) in [5, 5.41) is 3.28. The van der Waals surface area contributed by atoms with Crippen molar-refractivity contribution in [1.82, 2.24) is 10.2 Å². The van der Waals surface area contributed by atoms with E-state index < -0.39 is 5.54 Å². The molecule has 1 heterocycles. The zero-order chi connectivity index (χ0) is 12.0. The third-order valence-corrected chi connectivity index (χ3v) is 3.03. The Morgan fingerprint density at radius 2 is 2.25 bits per heavy atom. The Kier molecular flexibility index (Phi) is 5.18. The molecule has 5 heteroatoms. The summed E-state index contributed by atoms with van der Waals surface area (Å²) in [5.74, 6) is -0.171. The summed E-state index contributed by atoms with van der Waals surface area (Å²) < 4.78 is 9.89. The van der Waals surface area contributed by atoms with Gasteiger partial charge in [0.15, 0.2) is 0 Å². The van der Waals surface area contributed by atoms with Gasteiger partial charge in [-0.3, -0.25) is 10.1 Å². The van der Waals surface area contributed by atoms with Gasteiger partial charge < -0.3 is 14.4 Å². The topological polar surface area (TPSA) is 50.8 Å². The lowest BCUT2D eigenvalue weighted by molar-refractivity contribution is -0.151. The maximum Gasteiger partial charge on any atom is 0.327 e. The zero-order valence-electron chi connectivity index (χ0n) is 10.4. The first-order valence-corrected chi connectivity index (χ1v) is 5.65. The molecule has 5 nitrogen and oxygen atoms in total. The number of likely N-dealkylation sites (N-methyl/N-ethyl adjacent to an activating group) is 1. The van der Waals surface area contributed by atoms with Gasteiger partial charge in [0.25, 0.3) is 0 Å². The highest BCUT2D eigenvalue weighted by molar-refractivity contribution is 5.81. The molecule has 0 aromatic rings. The molecule has 1 aliphatic heterocycles. The van der Waals surface area contributed by atoms with Crippen molar-refractivity contribution >= 4 is 5.97 Å². The molecule has 1 saturated heterocycles. The average Bonchev–Trinajstić information content (AvgIpc) is 2.28.